The molecule has 0 amide bonds. The molecule has 22 heavy (non-hydrogen) atoms. The lowest BCUT2D eigenvalue weighted by Crippen LogP contribution is -2.41. The number of aromatic nitrogens is 2. The molecule has 0 saturated carbocycles. The predicted octanol–water partition coefficient (Wildman–Crippen LogP) is 1.65. The molecule has 5 nitrogen and oxygen atoms in total. The highest BCUT2D eigenvalue weighted by atomic mass is 32.1. The fraction of sp³-hybridized carbons (Fsp3) is 0.500. The Labute approximate surface area is 133 Å². The van der Waals surface area contributed by atoms with Crippen molar-refractivity contribution in [2.75, 3.05) is 6.54 Å². The Morgan fingerprint density at radius 3 is 2.77 bits per heavy atom. The zero-order valence-electron chi connectivity index (χ0n) is 13.2. The zero-order chi connectivity index (χ0) is 15.9. The van der Waals surface area contributed by atoms with Gasteiger partial charge in [0.25, 0.3) is 5.56 Å². The molecule has 0 aliphatic carbocycles. The van der Waals surface area contributed by atoms with E-state index in [1.54, 1.807) is 17.7 Å². The fourth-order valence-electron chi connectivity index (χ4n) is 3.25. The van der Waals surface area contributed by atoms with E-state index in [0.717, 1.165) is 29.6 Å². The maximum Gasteiger partial charge on any atom is 0.330 e. The van der Waals surface area contributed by atoms with Gasteiger partial charge in [0, 0.05) is 49.9 Å². The molecule has 3 heterocycles. The normalized spacial score (nSPS) is 18.4. The third kappa shape index (κ3) is 2.46. The minimum atomic E-state index is -0.260. The Bertz CT molecular complexity index is 802. The number of thiophene rings is 1. The van der Waals surface area contributed by atoms with Crippen LogP contribution in [0.3, 0.4) is 0 Å². The van der Waals surface area contributed by atoms with Gasteiger partial charge >= 0.3 is 5.69 Å². The summed E-state index contributed by atoms with van der Waals surface area (Å²) in [6.45, 7) is 3.79. The largest absolute Gasteiger partial charge is 0.330 e. The fourth-order valence-corrected chi connectivity index (χ4v) is 4.18. The van der Waals surface area contributed by atoms with Gasteiger partial charge in [0.1, 0.15) is 0 Å². The molecule has 0 spiro atoms. The molecule has 2 aromatic rings. The standard InChI is InChI=1S/C16H21N3O2S/c1-4-13-12-6-8-22-14(12)5-7-19(13)10-11-9-15(20)18(3)16(21)17(11)2/h6,8-9,13H,4-5,7,10H2,1-3H3/t13-/m0/s1. The summed E-state index contributed by atoms with van der Waals surface area (Å²) >= 11 is 1.83. The highest BCUT2D eigenvalue weighted by molar-refractivity contribution is 7.10. The lowest BCUT2D eigenvalue weighted by atomic mass is 9.97. The summed E-state index contributed by atoms with van der Waals surface area (Å²) in [5.41, 5.74) is 1.70. The molecule has 0 bridgehead atoms. The molecule has 118 valence electrons. The van der Waals surface area contributed by atoms with E-state index in [1.165, 1.54) is 17.5 Å². The molecule has 1 aliphatic rings. The molecule has 3 rings (SSSR count). The van der Waals surface area contributed by atoms with E-state index in [9.17, 15) is 9.59 Å². The summed E-state index contributed by atoms with van der Waals surface area (Å²) in [6, 6.07) is 4.16. The Kier molecular flexibility index (Phi) is 4.06. The van der Waals surface area contributed by atoms with Crippen LogP contribution in [0.1, 0.15) is 35.5 Å². The minimum Gasteiger partial charge on any atom is -0.299 e. The van der Waals surface area contributed by atoms with Gasteiger partial charge in [-0.3, -0.25) is 18.8 Å². The van der Waals surface area contributed by atoms with E-state index in [-0.39, 0.29) is 11.2 Å². The molecule has 0 N–H and O–H groups in total. The Morgan fingerprint density at radius 1 is 1.27 bits per heavy atom. The van der Waals surface area contributed by atoms with Crippen molar-refractivity contribution in [1.82, 2.24) is 14.0 Å². The number of hydrogen-bond acceptors (Lipinski definition) is 4. The van der Waals surface area contributed by atoms with Crippen LogP contribution in [0.15, 0.2) is 27.1 Å². The molecule has 0 saturated heterocycles. The molecule has 0 aromatic carbocycles. The van der Waals surface area contributed by atoms with Gasteiger partial charge in [0.05, 0.1) is 0 Å². The topological polar surface area (TPSA) is 47.2 Å². The lowest BCUT2D eigenvalue weighted by molar-refractivity contribution is 0.168. The summed E-state index contributed by atoms with van der Waals surface area (Å²) in [5, 5.41) is 2.16. The minimum absolute atomic E-state index is 0.237. The Balaban J connectivity index is 1.94. The van der Waals surface area contributed by atoms with Crippen LogP contribution < -0.4 is 11.2 Å². The number of nitrogens with zero attached hydrogens (tertiary/aromatic N) is 3. The Hall–Kier alpha value is -1.66. The van der Waals surface area contributed by atoms with Crippen molar-refractivity contribution >= 4 is 11.3 Å². The van der Waals surface area contributed by atoms with Gasteiger partial charge in [-0.15, -0.1) is 11.3 Å². The second-order valence-electron chi connectivity index (χ2n) is 5.82. The quantitative estimate of drug-likeness (QED) is 0.864. The first-order chi connectivity index (χ1) is 10.5. The van der Waals surface area contributed by atoms with E-state index >= 15 is 0 Å². The van der Waals surface area contributed by atoms with Crippen LogP contribution in [-0.4, -0.2) is 20.6 Å². The van der Waals surface area contributed by atoms with E-state index in [1.807, 2.05) is 11.3 Å². The van der Waals surface area contributed by atoms with Gasteiger partial charge in [0.15, 0.2) is 0 Å². The van der Waals surface area contributed by atoms with Gasteiger partial charge < -0.3 is 0 Å². The third-order valence-electron chi connectivity index (χ3n) is 4.58. The molecular formula is C16H21N3O2S. The smallest absolute Gasteiger partial charge is 0.299 e. The van der Waals surface area contributed by atoms with Crippen molar-refractivity contribution in [2.24, 2.45) is 14.1 Å². The molecule has 0 radical (unpaired) electrons. The van der Waals surface area contributed by atoms with Gasteiger partial charge in [-0.1, -0.05) is 6.92 Å². The first-order valence-electron chi connectivity index (χ1n) is 7.59. The second kappa shape index (κ2) is 5.85. The van der Waals surface area contributed by atoms with E-state index in [0.29, 0.717) is 12.6 Å². The maximum atomic E-state index is 12.1. The van der Waals surface area contributed by atoms with Gasteiger partial charge in [0.2, 0.25) is 0 Å². The van der Waals surface area contributed by atoms with Crippen molar-refractivity contribution in [3.8, 4) is 0 Å². The van der Waals surface area contributed by atoms with Crippen molar-refractivity contribution in [1.29, 1.82) is 0 Å². The van der Waals surface area contributed by atoms with Crippen molar-refractivity contribution in [3.63, 3.8) is 0 Å². The summed E-state index contributed by atoms with van der Waals surface area (Å²) in [5.74, 6) is 0. The molecule has 1 atom stereocenters. The van der Waals surface area contributed by atoms with Crippen molar-refractivity contribution in [2.45, 2.75) is 32.4 Å². The lowest BCUT2D eigenvalue weighted by Gasteiger charge is -2.35. The van der Waals surface area contributed by atoms with Crippen molar-refractivity contribution < 1.29 is 0 Å². The maximum absolute atomic E-state index is 12.1. The zero-order valence-corrected chi connectivity index (χ0v) is 14.0. The summed E-state index contributed by atoms with van der Waals surface area (Å²) in [6.07, 6.45) is 2.07. The summed E-state index contributed by atoms with van der Waals surface area (Å²) in [4.78, 5) is 27.8. The predicted molar refractivity (Wildman–Crippen MR) is 88.4 cm³/mol. The number of fused-ring (bicyclic) bond motifs is 1. The van der Waals surface area contributed by atoms with Crippen LogP contribution in [0, 0.1) is 0 Å². The van der Waals surface area contributed by atoms with Gasteiger partial charge in [-0.2, -0.15) is 0 Å². The molecule has 6 heteroatoms. The average Bonchev–Trinajstić information content (AvgIpc) is 2.98. The van der Waals surface area contributed by atoms with Crippen LogP contribution >= 0.6 is 11.3 Å². The SMILES string of the molecule is CC[C@H]1c2ccsc2CCN1Cc1cc(=O)n(C)c(=O)n1C. The molecule has 1 aliphatic heterocycles. The molecule has 2 aromatic heterocycles. The summed E-state index contributed by atoms with van der Waals surface area (Å²) < 4.78 is 2.73. The first-order valence-corrected chi connectivity index (χ1v) is 8.47. The molecule has 0 fully saturated rings. The van der Waals surface area contributed by atoms with Gasteiger partial charge in [-0.05, 0) is 29.9 Å². The molecular weight excluding hydrogens is 298 g/mol. The van der Waals surface area contributed by atoms with Crippen molar-refractivity contribution in [3.05, 3.63) is 54.5 Å². The first kappa shape index (κ1) is 15.2. The van der Waals surface area contributed by atoms with Crippen LogP contribution in [0.25, 0.3) is 0 Å². The van der Waals surface area contributed by atoms with E-state index < -0.39 is 0 Å². The third-order valence-corrected chi connectivity index (χ3v) is 5.58. The number of rotatable bonds is 3. The van der Waals surface area contributed by atoms with Crippen LogP contribution in [0.5, 0.6) is 0 Å². The van der Waals surface area contributed by atoms with Gasteiger partial charge in [-0.25, -0.2) is 4.79 Å². The van der Waals surface area contributed by atoms with E-state index in [2.05, 4.69) is 23.3 Å². The van der Waals surface area contributed by atoms with Crippen LogP contribution in [0.4, 0.5) is 0 Å². The van der Waals surface area contributed by atoms with E-state index in [4.69, 9.17) is 0 Å². The number of hydrogen-bond donors (Lipinski definition) is 0. The summed E-state index contributed by atoms with van der Waals surface area (Å²) in [7, 11) is 3.25. The monoisotopic (exact) mass is 319 g/mol. The molecule has 0 unspecified atom stereocenters. The van der Waals surface area contributed by atoms with Crippen LogP contribution in [-0.2, 0) is 27.1 Å². The highest BCUT2D eigenvalue weighted by Crippen LogP contribution is 2.35. The highest BCUT2D eigenvalue weighted by Gasteiger charge is 2.27. The average molecular weight is 319 g/mol. The second-order valence-corrected chi connectivity index (χ2v) is 6.82. The Morgan fingerprint density at radius 2 is 2.05 bits per heavy atom. The van der Waals surface area contributed by atoms with Crippen LogP contribution in [0.2, 0.25) is 0 Å².